The molecule has 0 fully saturated rings. The van der Waals surface area contributed by atoms with Crippen LogP contribution in [0.5, 0.6) is 11.5 Å². The highest BCUT2D eigenvalue weighted by Gasteiger charge is 2.30. The number of thiazole rings is 1. The van der Waals surface area contributed by atoms with Gasteiger partial charge in [0.25, 0.3) is 10.1 Å². The second-order valence-corrected chi connectivity index (χ2v) is 13.5. The van der Waals surface area contributed by atoms with Gasteiger partial charge in [0, 0.05) is 0 Å². The molecule has 5 rings (SSSR count). The largest absolute Gasteiger partial charge is 0.454 e. The number of nitrogens with zero attached hydrogens (tertiary/aromatic N) is 1. The Kier molecular flexibility index (Phi) is 10.1. The Hall–Kier alpha value is -2.72. The Balaban J connectivity index is 0.000000251. The van der Waals surface area contributed by atoms with Crippen LogP contribution in [-0.4, -0.2) is 39.0 Å². The second kappa shape index (κ2) is 13.3. The molecule has 1 atom stereocenters. The average molecular weight is 586 g/mol. The number of fused-ring (bicyclic) bond motifs is 3. The molecule has 0 saturated heterocycles. The number of aryl methyl sites for hydroxylation is 1. The maximum atomic E-state index is 12.3. The van der Waals surface area contributed by atoms with Crippen molar-refractivity contribution in [1.29, 1.82) is 0 Å². The lowest BCUT2D eigenvalue weighted by Crippen LogP contribution is -2.34. The summed E-state index contributed by atoms with van der Waals surface area (Å²) in [6.45, 7) is 11.3. The van der Waals surface area contributed by atoms with Crippen molar-refractivity contribution in [2.45, 2.75) is 64.4 Å². The van der Waals surface area contributed by atoms with Crippen LogP contribution in [0, 0.1) is 18.8 Å². The summed E-state index contributed by atoms with van der Waals surface area (Å²) in [6.07, 6.45) is 9.33. The third-order valence-electron chi connectivity index (χ3n) is 6.56. The van der Waals surface area contributed by atoms with Crippen molar-refractivity contribution < 1.29 is 26.8 Å². The summed E-state index contributed by atoms with van der Waals surface area (Å²) < 4.78 is 47.6. The molecule has 216 valence electrons. The van der Waals surface area contributed by atoms with E-state index in [2.05, 4.69) is 50.9 Å². The van der Waals surface area contributed by atoms with Gasteiger partial charge in [-0.15, -0.1) is 11.3 Å². The summed E-state index contributed by atoms with van der Waals surface area (Å²) in [5, 5.41) is 0. The Morgan fingerprint density at radius 3 is 2.48 bits per heavy atom. The molecule has 1 unspecified atom stereocenters. The quantitative estimate of drug-likeness (QED) is 0.180. The minimum Gasteiger partial charge on any atom is -0.454 e. The minimum atomic E-state index is -3.76. The first-order valence-electron chi connectivity index (χ1n) is 13.7. The Bertz CT molecular complexity index is 1440. The van der Waals surface area contributed by atoms with E-state index in [1.165, 1.54) is 5.57 Å². The number of ether oxygens (including phenoxy) is 3. The van der Waals surface area contributed by atoms with E-state index in [4.69, 9.17) is 18.4 Å². The maximum absolute atomic E-state index is 12.3. The minimum absolute atomic E-state index is 0.00641. The highest BCUT2D eigenvalue weighted by molar-refractivity contribution is 7.86. The predicted molar refractivity (Wildman–Crippen MR) is 159 cm³/mol. The predicted octanol–water partition coefficient (Wildman–Crippen LogP) is 7.46. The average Bonchev–Trinajstić information content (AvgIpc) is 3.57. The van der Waals surface area contributed by atoms with Gasteiger partial charge in [-0.3, -0.25) is 4.18 Å². The molecule has 0 saturated carbocycles. The molecule has 1 aliphatic carbocycles. The standard InChI is InChI=1S/C23H34O4S.C8H5NO2S/c1-18(2)16-21-10-12-23(13-11-21,17-19(3)4)26-14-15-27-28(24,25)22-8-6-20(5)7-9-22;1-2-6-7(11-4-10-6)8-5(1)9-3-12-8/h6-12,18-19H,13-17H2,1-5H3;1-3H,4H2. The van der Waals surface area contributed by atoms with Crippen LogP contribution in [0.15, 0.2) is 70.6 Å². The van der Waals surface area contributed by atoms with Crippen molar-refractivity contribution in [3.05, 3.63) is 71.3 Å². The lowest BCUT2D eigenvalue weighted by atomic mass is 9.83. The van der Waals surface area contributed by atoms with Crippen LogP contribution < -0.4 is 9.47 Å². The van der Waals surface area contributed by atoms with Crippen molar-refractivity contribution in [3.8, 4) is 11.5 Å². The molecular formula is C31H39NO6S2. The zero-order valence-electron chi connectivity index (χ0n) is 23.9. The SMILES string of the molecule is Cc1ccc(S(=O)(=O)OCCOC2(CC(C)C)C=CC(CC(C)C)=CC2)cc1.c1nc2ccc3c(c2s1)OCO3. The van der Waals surface area contributed by atoms with Crippen molar-refractivity contribution in [2.75, 3.05) is 20.0 Å². The molecule has 0 N–H and O–H groups in total. The number of rotatable bonds is 10. The van der Waals surface area contributed by atoms with Crippen LogP contribution in [0.3, 0.4) is 0 Å². The molecule has 40 heavy (non-hydrogen) atoms. The monoisotopic (exact) mass is 585 g/mol. The molecule has 3 aromatic rings. The molecule has 7 nitrogen and oxygen atoms in total. The summed E-state index contributed by atoms with van der Waals surface area (Å²) in [7, 11) is -3.76. The maximum Gasteiger partial charge on any atom is 0.297 e. The first kappa shape index (κ1) is 30.2. The van der Waals surface area contributed by atoms with Crippen LogP contribution in [0.4, 0.5) is 0 Å². The fourth-order valence-corrected chi connectivity index (χ4v) is 6.45. The molecule has 0 radical (unpaired) electrons. The molecule has 0 bridgehead atoms. The van der Waals surface area contributed by atoms with Crippen molar-refractivity contribution in [2.24, 2.45) is 11.8 Å². The van der Waals surface area contributed by atoms with Crippen LogP contribution in [0.1, 0.15) is 52.5 Å². The third-order valence-corrected chi connectivity index (χ3v) is 8.73. The fraction of sp³-hybridized carbons (Fsp3) is 0.452. The summed E-state index contributed by atoms with van der Waals surface area (Å²) in [4.78, 5) is 4.35. The van der Waals surface area contributed by atoms with E-state index in [1.807, 2.05) is 24.6 Å². The van der Waals surface area contributed by atoms with Crippen molar-refractivity contribution in [1.82, 2.24) is 4.98 Å². The summed E-state index contributed by atoms with van der Waals surface area (Å²) >= 11 is 1.58. The van der Waals surface area contributed by atoms with E-state index in [-0.39, 0.29) is 23.7 Å². The van der Waals surface area contributed by atoms with Gasteiger partial charge in [-0.05, 0) is 62.3 Å². The van der Waals surface area contributed by atoms with Gasteiger partial charge >= 0.3 is 0 Å². The number of benzene rings is 2. The molecule has 0 spiro atoms. The topological polar surface area (TPSA) is 84.0 Å². The number of hydrogen-bond acceptors (Lipinski definition) is 8. The molecule has 2 heterocycles. The smallest absolute Gasteiger partial charge is 0.297 e. The van der Waals surface area contributed by atoms with Gasteiger partial charge < -0.3 is 14.2 Å². The van der Waals surface area contributed by atoms with Gasteiger partial charge in [0.1, 0.15) is 4.70 Å². The van der Waals surface area contributed by atoms with Gasteiger partial charge in [0.15, 0.2) is 11.5 Å². The molecule has 1 aromatic heterocycles. The van der Waals surface area contributed by atoms with E-state index >= 15 is 0 Å². The van der Waals surface area contributed by atoms with Gasteiger partial charge in [0.05, 0.1) is 34.7 Å². The van der Waals surface area contributed by atoms with E-state index in [0.29, 0.717) is 18.6 Å². The van der Waals surface area contributed by atoms with Gasteiger partial charge in [0.2, 0.25) is 6.79 Å². The van der Waals surface area contributed by atoms with Crippen LogP contribution in [-0.2, 0) is 19.0 Å². The summed E-state index contributed by atoms with van der Waals surface area (Å²) in [5.74, 6) is 2.76. The molecule has 2 aromatic carbocycles. The second-order valence-electron chi connectivity index (χ2n) is 11.0. The lowest BCUT2D eigenvalue weighted by molar-refractivity contribution is -0.0323. The molecule has 9 heteroatoms. The van der Waals surface area contributed by atoms with E-state index in [9.17, 15) is 8.42 Å². The fourth-order valence-electron chi connectivity index (χ4n) is 4.78. The van der Waals surface area contributed by atoms with Crippen molar-refractivity contribution in [3.63, 3.8) is 0 Å². The van der Waals surface area contributed by atoms with E-state index in [0.717, 1.165) is 46.5 Å². The Morgan fingerprint density at radius 2 is 1.80 bits per heavy atom. The summed E-state index contributed by atoms with van der Waals surface area (Å²) in [6, 6.07) is 10.5. The van der Waals surface area contributed by atoms with Gasteiger partial charge in [-0.25, -0.2) is 4.98 Å². The highest BCUT2D eigenvalue weighted by atomic mass is 32.2. The Labute approximate surface area is 242 Å². The molecule has 2 aliphatic rings. The molecule has 1 aliphatic heterocycles. The summed E-state index contributed by atoms with van der Waals surface area (Å²) in [5.41, 5.74) is 4.76. The molecule has 0 amide bonds. The van der Waals surface area contributed by atoms with Crippen molar-refractivity contribution >= 4 is 31.7 Å². The third kappa shape index (κ3) is 7.94. The first-order chi connectivity index (χ1) is 19.1. The van der Waals surface area contributed by atoms with Crippen LogP contribution in [0.2, 0.25) is 0 Å². The number of aromatic nitrogens is 1. The van der Waals surface area contributed by atoms with Crippen LogP contribution >= 0.6 is 11.3 Å². The first-order valence-corrected chi connectivity index (χ1v) is 16.0. The lowest BCUT2D eigenvalue weighted by Gasteiger charge is -2.34. The Morgan fingerprint density at radius 1 is 1.02 bits per heavy atom. The molecular weight excluding hydrogens is 546 g/mol. The normalized spacial score (nSPS) is 18.2. The van der Waals surface area contributed by atoms with E-state index in [1.54, 1.807) is 35.6 Å². The van der Waals surface area contributed by atoms with Gasteiger partial charge in [-0.2, -0.15) is 8.42 Å². The number of allylic oxidation sites excluding steroid dienone is 2. The van der Waals surface area contributed by atoms with Gasteiger partial charge in [-0.1, -0.05) is 69.2 Å². The zero-order valence-corrected chi connectivity index (χ0v) is 25.5. The number of hydrogen-bond donors (Lipinski definition) is 0. The highest BCUT2D eigenvalue weighted by Crippen LogP contribution is 2.40. The van der Waals surface area contributed by atoms with E-state index < -0.39 is 10.1 Å². The zero-order chi connectivity index (χ0) is 28.8. The van der Waals surface area contributed by atoms with Crippen LogP contribution in [0.25, 0.3) is 10.2 Å².